The summed E-state index contributed by atoms with van der Waals surface area (Å²) in [5.74, 6) is 0.739. The van der Waals surface area contributed by atoms with Gasteiger partial charge in [-0.05, 0) is 30.6 Å². The van der Waals surface area contributed by atoms with Crippen molar-refractivity contribution >= 4 is 5.97 Å². The molecular weight excluding hydrogens is 180 g/mol. The monoisotopic (exact) mass is 198 g/mol. The van der Waals surface area contributed by atoms with Gasteiger partial charge in [-0.25, -0.2) is 0 Å². The number of fused-ring (bicyclic) bond motifs is 1. The molecule has 1 N–H and O–H groups in total. The molecule has 1 heterocycles. The predicted molar refractivity (Wildman–Crippen MR) is 52.0 cm³/mol. The van der Waals surface area contributed by atoms with Crippen molar-refractivity contribution in [1.82, 2.24) is 0 Å². The minimum absolute atomic E-state index is 0.328. The molecule has 2 rings (SSSR count). The molecule has 0 unspecified atom stereocenters. The van der Waals surface area contributed by atoms with E-state index in [1.54, 1.807) is 0 Å². The van der Waals surface area contributed by atoms with E-state index in [1.165, 1.54) is 0 Å². The number of carboxylic acids is 1. The molecule has 1 saturated heterocycles. The number of ether oxygens (including phenoxy) is 1. The molecule has 80 valence electrons. The van der Waals surface area contributed by atoms with Crippen LogP contribution in [0.3, 0.4) is 0 Å². The topological polar surface area (TPSA) is 46.5 Å². The molecule has 3 heteroatoms. The van der Waals surface area contributed by atoms with Crippen LogP contribution in [0.4, 0.5) is 0 Å². The number of hydrogen-bond acceptors (Lipinski definition) is 2. The fourth-order valence-corrected chi connectivity index (χ4v) is 3.14. The van der Waals surface area contributed by atoms with Crippen molar-refractivity contribution in [3.8, 4) is 0 Å². The Morgan fingerprint density at radius 3 is 3.00 bits per heavy atom. The van der Waals surface area contributed by atoms with Crippen LogP contribution in [0, 0.1) is 17.8 Å². The van der Waals surface area contributed by atoms with Crippen LogP contribution in [0.1, 0.15) is 32.6 Å². The molecule has 3 nitrogen and oxygen atoms in total. The second-order valence-electron chi connectivity index (χ2n) is 4.72. The van der Waals surface area contributed by atoms with Crippen LogP contribution >= 0.6 is 0 Å². The van der Waals surface area contributed by atoms with Gasteiger partial charge in [0.05, 0.1) is 6.10 Å². The van der Waals surface area contributed by atoms with Gasteiger partial charge in [0.25, 0.3) is 0 Å². The van der Waals surface area contributed by atoms with Crippen molar-refractivity contribution < 1.29 is 14.6 Å². The molecule has 0 amide bonds. The van der Waals surface area contributed by atoms with E-state index < -0.39 is 5.97 Å². The Kier molecular flexibility index (Phi) is 2.77. The summed E-state index contributed by atoms with van der Waals surface area (Å²) in [5, 5.41) is 8.83. The first-order valence-corrected chi connectivity index (χ1v) is 5.52. The highest BCUT2D eigenvalue weighted by Crippen LogP contribution is 2.42. The van der Waals surface area contributed by atoms with E-state index in [0.717, 1.165) is 25.9 Å². The van der Waals surface area contributed by atoms with Crippen molar-refractivity contribution in [3.63, 3.8) is 0 Å². The van der Waals surface area contributed by atoms with Crippen LogP contribution in [-0.2, 0) is 9.53 Å². The molecule has 1 saturated carbocycles. The highest BCUT2D eigenvalue weighted by atomic mass is 16.5. The van der Waals surface area contributed by atoms with E-state index in [0.29, 0.717) is 30.3 Å². The van der Waals surface area contributed by atoms with Gasteiger partial charge in [-0.15, -0.1) is 0 Å². The third kappa shape index (κ3) is 1.78. The summed E-state index contributed by atoms with van der Waals surface area (Å²) >= 11 is 0. The summed E-state index contributed by atoms with van der Waals surface area (Å²) in [5.41, 5.74) is 0. The fourth-order valence-electron chi connectivity index (χ4n) is 3.14. The lowest BCUT2D eigenvalue weighted by Crippen LogP contribution is -2.33. The lowest BCUT2D eigenvalue weighted by atomic mass is 9.72. The van der Waals surface area contributed by atoms with Gasteiger partial charge in [0.2, 0.25) is 0 Å². The van der Waals surface area contributed by atoms with E-state index in [9.17, 15) is 4.79 Å². The van der Waals surface area contributed by atoms with E-state index in [2.05, 4.69) is 6.92 Å². The standard InChI is InChI=1S/C11H18O3/c1-7-6-14-9-4-2-3-8(11(7)9)5-10(12)13/h7-9,11H,2-6H2,1H3,(H,12,13)/t7-,8-,9-,11+/m0/s1. The van der Waals surface area contributed by atoms with Crippen LogP contribution in [0.2, 0.25) is 0 Å². The second kappa shape index (κ2) is 3.89. The maximum atomic E-state index is 10.7. The minimum atomic E-state index is -0.658. The number of carbonyl (C=O) groups is 1. The molecule has 1 aliphatic heterocycles. The van der Waals surface area contributed by atoms with Crippen molar-refractivity contribution in [1.29, 1.82) is 0 Å². The Labute approximate surface area is 84.4 Å². The van der Waals surface area contributed by atoms with Crippen molar-refractivity contribution in [2.75, 3.05) is 6.61 Å². The molecule has 0 bridgehead atoms. The zero-order chi connectivity index (χ0) is 10.1. The largest absolute Gasteiger partial charge is 0.481 e. The van der Waals surface area contributed by atoms with Crippen LogP contribution in [0.25, 0.3) is 0 Å². The van der Waals surface area contributed by atoms with Gasteiger partial charge in [-0.1, -0.05) is 13.3 Å². The number of carboxylic acid groups (broad SMARTS) is 1. The summed E-state index contributed by atoms with van der Waals surface area (Å²) in [7, 11) is 0. The average Bonchev–Trinajstić information content (AvgIpc) is 2.48. The maximum Gasteiger partial charge on any atom is 0.303 e. The molecular formula is C11H18O3. The van der Waals surface area contributed by atoms with Gasteiger partial charge in [-0.2, -0.15) is 0 Å². The molecule has 0 aromatic heterocycles. The quantitative estimate of drug-likeness (QED) is 0.737. The van der Waals surface area contributed by atoms with Crippen molar-refractivity contribution in [2.24, 2.45) is 17.8 Å². The maximum absolute atomic E-state index is 10.7. The van der Waals surface area contributed by atoms with Gasteiger partial charge in [0, 0.05) is 13.0 Å². The zero-order valence-corrected chi connectivity index (χ0v) is 8.61. The first-order chi connectivity index (χ1) is 6.68. The lowest BCUT2D eigenvalue weighted by molar-refractivity contribution is -0.139. The van der Waals surface area contributed by atoms with Gasteiger partial charge < -0.3 is 9.84 Å². The molecule has 0 aromatic rings. The second-order valence-corrected chi connectivity index (χ2v) is 4.72. The number of aliphatic carboxylic acids is 1. The fraction of sp³-hybridized carbons (Fsp3) is 0.909. The molecule has 1 aliphatic carbocycles. The Balaban J connectivity index is 2.04. The lowest BCUT2D eigenvalue weighted by Gasteiger charge is -2.33. The highest BCUT2D eigenvalue weighted by Gasteiger charge is 2.42. The Bertz CT molecular complexity index is 225. The van der Waals surface area contributed by atoms with E-state index >= 15 is 0 Å². The summed E-state index contributed by atoms with van der Waals surface area (Å²) in [4.78, 5) is 10.7. The first kappa shape index (κ1) is 9.97. The van der Waals surface area contributed by atoms with E-state index in [-0.39, 0.29) is 0 Å². The van der Waals surface area contributed by atoms with Crippen LogP contribution in [-0.4, -0.2) is 23.8 Å². The van der Waals surface area contributed by atoms with Crippen LogP contribution < -0.4 is 0 Å². The van der Waals surface area contributed by atoms with Gasteiger partial charge in [0.1, 0.15) is 0 Å². The highest BCUT2D eigenvalue weighted by molar-refractivity contribution is 5.67. The molecule has 0 aromatic carbocycles. The van der Waals surface area contributed by atoms with E-state index in [1.807, 2.05) is 0 Å². The summed E-state index contributed by atoms with van der Waals surface area (Å²) < 4.78 is 5.69. The van der Waals surface area contributed by atoms with Crippen LogP contribution in [0.5, 0.6) is 0 Å². The molecule has 2 fully saturated rings. The van der Waals surface area contributed by atoms with E-state index in [4.69, 9.17) is 9.84 Å². The Morgan fingerprint density at radius 1 is 1.50 bits per heavy atom. The first-order valence-electron chi connectivity index (χ1n) is 5.52. The normalized spacial score (nSPS) is 42.1. The molecule has 4 atom stereocenters. The molecule has 0 radical (unpaired) electrons. The Hall–Kier alpha value is -0.570. The molecule has 0 spiro atoms. The number of rotatable bonds is 2. The summed E-state index contributed by atoms with van der Waals surface area (Å²) in [6, 6.07) is 0. The molecule has 14 heavy (non-hydrogen) atoms. The summed E-state index contributed by atoms with van der Waals surface area (Å²) in [6.07, 6.45) is 4.01. The SMILES string of the molecule is C[C@H]1CO[C@H]2CCC[C@@H](CC(=O)O)[C@H]21. The molecule has 2 aliphatic rings. The third-order valence-corrected chi connectivity index (χ3v) is 3.70. The summed E-state index contributed by atoms with van der Waals surface area (Å²) in [6.45, 7) is 3.01. The minimum Gasteiger partial charge on any atom is -0.481 e. The van der Waals surface area contributed by atoms with Gasteiger partial charge >= 0.3 is 5.97 Å². The third-order valence-electron chi connectivity index (χ3n) is 3.70. The average molecular weight is 198 g/mol. The Morgan fingerprint density at radius 2 is 2.29 bits per heavy atom. The van der Waals surface area contributed by atoms with Crippen molar-refractivity contribution in [3.05, 3.63) is 0 Å². The smallest absolute Gasteiger partial charge is 0.303 e. The predicted octanol–water partition coefficient (Wildman–Crippen LogP) is 1.91. The van der Waals surface area contributed by atoms with Crippen LogP contribution in [0.15, 0.2) is 0 Å². The van der Waals surface area contributed by atoms with Crippen molar-refractivity contribution in [2.45, 2.75) is 38.7 Å². The number of hydrogen-bond donors (Lipinski definition) is 1. The van der Waals surface area contributed by atoms with Gasteiger partial charge in [0.15, 0.2) is 0 Å². The zero-order valence-electron chi connectivity index (χ0n) is 8.61. The van der Waals surface area contributed by atoms with Gasteiger partial charge in [-0.3, -0.25) is 4.79 Å².